The van der Waals surface area contributed by atoms with E-state index >= 15 is 0 Å². The van der Waals surface area contributed by atoms with Crippen molar-refractivity contribution in [3.05, 3.63) is 71.6 Å². The van der Waals surface area contributed by atoms with Crippen LogP contribution in [0.4, 0.5) is 20.6 Å². The normalized spacial score (nSPS) is 12.7. The standard InChI is InChI=1S/C20H18FN5O/c1-12-8-13(2-4-15(12)21)14-3-5-16(22)17(9-14)25-20(27)26-10-18-19(11-26)24-7-6-23-18/h2-9H,10-11,22H2,1H3,(H,25,27). The van der Waals surface area contributed by atoms with Gasteiger partial charge in [0.1, 0.15) is 5.82 Å². The van der Waals surface area contributed by atoms with Crippen molar-refractivity contribution in [3.8, 4) is 11.1 Å². The monoisotopic (exact) mass is 363 g/mol. The molecule has 2 aromatic carbocycles. The van der Waals surface area contributed by atoms with E-state index in [1.54, 1.807) is 48.5 Å². The Morgan fingerprint density at radius 1 is 1.07 bits per heavy atom. The second-order valence-electron chi connectivity index (χ2n) is 6.50. The molecule has 0 spiro atoms. The number of nitrogens with one attached hydrogen (secondary N) is 1. The first-order valence-corrected chi connectivity index (χ1v) is 8.52. The minimum absolute atomic E-state index is 0.251. The maximum atomic E-state index is 13.5. The fraction of sp³-hybridized carbons (Fsp3) is 0.150. The molecule has 1 aliphatic rings. The highest BCUT2D eigenvalue weighted by Crippen LogP contribution is 2.29. The number of aromatic nitrogens is 2. The number of carbonyl (C=O) groups excluding carboxylic acids is 1. The van der Waals surface area contributed by atoms with Crippen molar-refractivity contribution in [3.63, 3.8) is 0 Å². The van der Waals surface area contributed by atoms with Gasteiger partial charge in [0, 0.05) is 12.4 Å². The van der Waals surface area contributed by atoms with Crippen LogP contribution in [0.2, 0.25) is 0 Å². The molecular formula is C20H18FN5O. The first-order valence-electron chi connectivity index (χ1n) is 8.52. The number of hydrogen-bond donors (Lipinski definition) is 2. The van der Waals surface area contributed by atoms with Crippen molar-refractivity contribution in [2.24, 2.45) is 0 Å². The van der Waals surface area contributed by atoms with Gasteiger partial charge in [-0.2, -0.15) is 0 Å². The number of carbonyl (C=O) groups is 1. The van der Waals surface area contributed by atoms with Gasteiger partial charge in [0.15, 0.2) is 0 Å². The number of rotatable bonds is 2. The first-order chi connectivity index (χ1) is 13.0. The number of nitrogens with zero attached hydrogens (tertiary/aromatic N) is 3. The van der Waals surface area contributed by atoms with E-state index < -0.39 is 0 Å². The van der Waals surface area contributed by atoms with Crippen LogP contribution in [-0.2, 0) is 13.1 Å². The summed E-state index contributed by atoms with van der Waals surface area (Å²) < 4.78 is 13.5. The van der Waals surface area contributed by atoms with Crippen molar-refractivity contribution in [2.45, 2.75) is 20.0 Å². The predicted octanol–water partition coefficient (Wildman–Crippen LogP) is 3.72. The summed E-state index contributed by atoms with van der Waals surface area (Å²) in [6, 6.07) is 9.99. The number of halogens is 1. The number of aryl methyl sites for hydroxylation is 1. The zero-order valence-electron chi connectivity index (χ0n) is 14.7. The third-order valence-electron chi connectivity index (χ3n) is 4.62. The van der Waals surface area contributed by atoms with Gasteiger partial charge in [0.05, 0.1) is 35.9 Å². The molecule has 0 saturated carbocycles. The van der Waals surface area contributed by atoms with E-state index in [0.29, 0.717) is 30.0 Å². The van der Waals surface area contributed by atoms with Gasteiger partial charge in [-0.1, -0.05) is 12.1 Å². The average molecular weight is 363 g/mol. The van der Waals surface area contributed by atoms with Crippen molar-refractivity contribution in [1.29, 1.82) is 0 Å². The second kappa shape index (κ2) is 6.68. The summed E-state index contributed by atoms with van der Waals surface area (Å²) >= 11 is 0. The summed E-state index contributed by atoms with van der Waals surface area (Å²) in [6.07, 6.45) is 3.23. The molecule has 0 unspecified atom stereocenters. The smallest absolute Gasteiger partial charge is 0.322 e. The van der Waals surface area contributed by atoms with Crippen LogP contribution in [0.1, 0.15) is 17.0 Å². The maximum absolute atomic E-state index is 13.5. The predicted molar refractivity (Wildman–Crippen MR) is 101 cm³/mol. The molecule has 2 heterocycles. The number of benzene rings is 2. The summed E-state index contributed by atoms with van der Waals surface area (Å²) in [5.41, 5.74) is 10.9. The van der Waals surface area contributed by atoms with Crippen molar-refractivity contribution in [1.82, 2.24) is 14.9 Å². The zero-order chi connectivity index (χ0) is 19.0. The number of nitrogens with two attached hydrogens (primary N) is 1. The highest BCUT2D eigenvalue weighted by atomic mass is 19.1. The number of anilines is 2. The highest BCUT2D eigenvalue weighted by molar-refractivity contribution is 5.94. The van der Waals surface area contributed by atoms with E-state index in [-0.39, 0.29) is 11.8 Å². The summed E-state index contributed by atoms with van der Waals surface area (Å²) in [4.78, 5) is 22.8. The Labute approximate surface area is 155 Å². The lowest BCUT2D eigenvalue weighted by molar-refractivity contribution is 0.212. The quantitative estimate of drug-likeness (QED) is 0.680. The fourth-order valence-electron chi connectivity index (χ4n) is 3.08. The highest BCUT2D eigenvalue weighted by Gasteiger charge is 2.25. The van der Waals surface area contributed by atoms with Crippen LogP contribution in [0.15, 0.2) is 48.8 Å². The molecule has 1 aromatic heterocycles. The summed E-state index contributed by atoms with van der Waals surface area (Å²) in [5, 5.41) is 2.86. The molecule has 3 aromatic rings. The van der Waals surface area contributed by atoms with E-state index in [9.17, 15) is 9.18 Å². The van der Waals surface area contributed by atoms with Crippen molar-refractivity contribution >= 4 is 17.4 Å². The Balaban J connectivity index is 1.55. The minimum atomic E-state index is -0.270. The third-order valence-corrected chi connectivity index (χ3v) is 4.62. The molecule has 136 valence electrons. The molecule has 0 aliphatic carbocycles. The maximum Gasteiger partial charge on any atom is 0.322 e. The van der Waals surface area contributed by atoms with Crippen LogP contribution in [-0.4, -0.2) is 20.9 Å². The Morgan fingerprint density at radius 3 is 2.37 bits per heavy atom. The molecule has 0 radical (unpaired) electrons. The molecule has 6 nitrogen and oxygen atoms in total. The van der Waals surface area contributed by atoms with Crippen LogP contribution in [0.25, 0.3) is 11.1 Å². The SMILES string of the molecule is Cc1cc(-c2ccc(N)c(NC(=O)N3Cc4nccnc4C3)c2)ccc1F. The zero-order valence-corrected chi connectivity index (χ0v) is 14.7. The van der Waals surface area contributed by atoms with Crippen LogP contribution in [0, 0.1) is 12.7 Å². The lowest BCUT2D eigenvalue weighted by Gasteiger charge is -2.17. The number of fused-ring (bicyclic) bond motifs is 1. The number of urea groups is 1. The van der Waals surface area contributed by atoms with E-state index in [0.717, 1.165) is 22.5 Å². The van der Waals surface area contributed by atoms with Gasteiger partial charge >= 0.3 is 6.03 Å². The van der Waals surface area contributed by atoms with Gasteiger partial charge in [-0.25, -0.2) is 9.18 Å². The topological polar surface area (TPSA) is 84.1 Å². The molecule has 0 atom stereocenters. The van der Waals surface area contributed by atoms with Crippen LogP contribution >= 0.6 is 0 Å². The van der Waals surface area contributed by atoms with Crippen LogP contribution < -0.4 is 11.1 Å². The Morgan fingerprint density at radius 2 is 1.70 bits per heavy atom. The molecule has 4 rings (SSSR count). The molecule has 0 fully saturated rings. The van der Waals surface area contributed by atoms with Crippen molar-refractivity contribution in [2.75, 3.05) is 11.1 Å². The summed E-state index contributed by atoms with van der Waals surface area (Å²) in [7, 11) is 0. The number of hydrogen-bond acceptors (Lipinski definition) is 4. The van der Waals surface area contributed by atoms with Gasteiger partial charge in [-0.3, -0.25) is 9.97 Å². The Hall–Kier alpha value is -3.48. The number of nitrogen functional groups attached to an aromatic ring is 1. The van der Waals surface area contributed by atoms with Crippen molar-refractivity contribution < 1.29 is 9.18 Å². The fourth-order valence-corrected chi connectivity index (χ4v) is 3.08. The third kappa shape index (κ3) is 3.31. The summed E-state index contributed by atoms with van der Waals surface area (Å²) in [6.45, 7) is 2.53. The second-order valence-corrected chi connectivity index (χ2v) is 6.50. The molecule has 7 heteroatoms. The van der Waals surface area contributed by atoms with Gasteiger partial charge < -0.3 is 16.0 Å². The van der Waals surface area contributed by atoms with Gasteiger partial charge in [-0.05, 0) is 47.9 Å². The molecule has 0 saturated heterocycles. The molecule has 2 amide bonds. The van der Waals surface area contributed by atoms with Gasteiger partial charge in [0.25, 0.3) is 0 Å². The Kier molecular flexibility index (Phi) is 4.19. The average Bonchev–Trinajstić information content (AvgIpc) is 3.10. The molecule has 0 bridgehead atoms. The molecule has 3 N–H and O–H groups in total. The largest absolute Gasteiger partial charge is 0.397 e. The molecule has 27 heavy (non-hydrogen) atoms. The van der Waals surface area contributed by atoms with E-state index in [2.05, 4.69) is 15.3 Å². The van der Waals surface area contributed by atoms with Crippen LogP contribution in [0.3, 0.4) is 0 Å². The molecule has 1 aliphatic heterocycles. The van der Waals surface area contributed by atoms with Crippen LogP contribution in [0.5, 0.6) is 0 Å². The lowest BCUT2D eigenvalue weighted by atomic mass is 10.0. The minimum Gasteiger partial charge on any atom is -0.397 e. The molecular weight excluding hydrogens is 345 g/mol. The van der Waals surface area contributed by atoms with Gasteiger partial charge in [-0.15, -0.1) is 0 Å². The van der Waals surface area contributed by atoms with E-state index in [1.807, 2.05) is 6.07 Å². The summed E-state index contributed by atoms with van der Waals surface area (Å²) in [5.74, 6) is -0.251. The van der Waals surface area contributed by atoms with E-state index in [1.165, 1.54) is 6.07 Å². The Bertz CT molecular complexity index is 1010. The lowest BCUT2D eigenvalue weighted by Crippen LogP contribution is -2.30. The van der Waals surface area contributed by atoms with E-state index in [4.69, 9.17) is 5.73 Å². The van der Waals surface area contributed by atoms with Gasteiger partial charge in [0.2, 0.25) is 0 Å². The number of amides is 2. The first kappa shape index (κ1) is 17.0.